The molecule has 0 aliphatic heterocycles. The highest BCUT2D eigenvalue weighted by Gasteiger charge is 2.08. The van der Waals surface area contributed by atoms with Crippen molar-refractivity contribution in [2.45, 2.75) is 19.3 Å². The van der Waals surface area contributed by atoms with Crippen LogP contribution in [0.2, 0.25) is 0 Å². The van der Waals surface area contributed by atoms with Crippen LogP contribution in [0.5, 0.6) is 5.75 Å². The number of rotatable bonds is 9. The van der Waals surface area contributed by atoms with Gasteiger partial charge in [0.2, 0.25) is 0 Å². The lowest BCUT2D eigenvalue weighted by Crippen LogP contribution is -2.30. The van der Waals surface area contributed by atoms with Gasteiger partial charge in [-0.25, -0.2) is 0 Å². The first kappa shape index (κ1) is 18.0. The second-order valence-corrected chi connectivity index (χ2v) is 6.18. The summed E-state index contributed by atoms with van der Waals surface area (Å²) in [6.45, 7) is 0.223. The van der Waals surface area contributed by atoms with Gasteiger partial charge in [0.15, 0.2) is 6.61 Å². The molecule has 1 heterocycles. The highest BCUT2D eigenvalue weighted by atomic mass is 32.1. The number of hydrogen-bond donors (Lipinski definition) is 1. The summed E-state index contributed by atoms with van der Waals surface area (Å²) in [6.07, 6.45) is 1.59. The fourth-order valence-corrected chi connectivity index (χ4v) is 2.90. The molecule has 0 saturated heterocycles. The number of carbonyl (C=O) groups excluding carboxylic acids is 2. The summed E-state index contributed by atoms with van der Waals surface area (Å²) < 4.78 is 10.2. The van der Waals surface area contributed by atoms with Crippen molar-refractivity contribution in [2.24, 2.45) is 0 Å². The van der Waals surface area contributed by atoms with Gasteiger partial charge in [-0.1, -0.05) is 24.3 Å². The minimum Gasteiger partial charge on any atom is -0.496 e. The number of para-hydroxylation sites is 1. The van der Waals surface area contributed by atoms with Gasteiger partial charge in [0.05, 0.1) is 13.5 Å². The predicted molar refractivity (Wildman–Crippen MR) is 93.3 cm³/mol. The SMILES string of the molecule is COc1ccccc1CCNC(=O)COC(=O)CCc1cccs1. The molecule has 0 fully saturated rings. The molecule has 0 aliphatic carbocycles. The third-order valence-corrected chi connectivity index (χ3v) is 4.37. The lowest BCUT2D eigenvalue weighted by Gasteiger charge is -2.09. The monoisotopic (exact) mass is 347 g/mol. The summed E-state index contributed by atoms with van der Waals surface area (Å²) in [5.41, 5.74) is 1.02. The molecule has 2 rings (SSSR count). The Labute approximate surface area is 145 Å². The third kappa shape index (κ3) is 6.04. The molecule has 2 aromatic rings. The zero-order valence-corrected chi connectivity index (χ0v) is 14.4. The molecule has 0 radical (unpaired) electrons. The van der Waals surface area contributed by atoms with Gasteiger partial charge in [0.25, 0.3) is 5.91 Å². The number of methoxy groups -OCH3 is 1. The summed E-state index contributed by atoms with van der Waals surface area (Å²) in [4.78, 5) is 24.4. The Morgan fingerprint density at radius 1 is 1.12 bits per heavy atom. The van der Waals surface area contributed by atoms with E-state index in [9.17, 15) is 9.59 Å². The average Bonchev–Trinajstić information content (AvgIpc) is 3.12. The van der Waals surface area contributed by atoms with Crippen molar-refractivity contribution in [2.75, 3.05) is 20.3 Å². The van der Waals surface area contributed by atoms with Gasteiger partial charge in [-0.2, -0.15) is 0 Å². The van der Waals surface area contributed by atoms with E-state index in [1.165, 1.54) is 0 Å². The Hall–Kier alpha value is -2.34. The van der Waals surface area contributed by atoms with E-state index in [4.69, 9.17) is 9.47 Å². The summed E-state index contributed by atoms with van der Waals surface area (Å²) in [5.74, 6) is 0.143. The van der Waals surface area contributed by atoms with E-state index >= 15 is 0 Å². The van der Waals surface area contributed by atoms with Crippen LogP contribution in [-0.4, -0.2) is 32.1 Å². The van der Waals surface area contributed by atoms with E-state index in [0.29, 0.717) is 19.4 Å². The van der Waals surface area contributed by atoms with Crippen molar-refractivity contribution < 1.29 is 19.1 Å². The molecule has 1 amide bonds. The molecule has 24 heavy (non-hydrogen) atoms. The second-order valence-electron chi connectivity index (χ2n) is 5.15. The first-order chi connectivity index (χ1) is 11.7. The van der Waals surface area contributed by atoms with Gasteiger partial charge in [-0.05, 0) is 35.9 Å². The minimum absolute atomic E-state index is 0.241. The van der Waals surface area contributed by atoms with Gasteiger partial charge >= 0.3 is 5.97 Å². The van der Waals surface area contributed by atoms with Crippen LogP contribution < -0.4 is 10.1 Å². The Kier molecular flexibility index (Phi) is 7.29. The maximum atomic E-state index is 11.7. The number of aryl methyl sites for hydroxylation is 1. The minimum atomic E-state index is -0.358. The van der Waals surface area contributed by atoms with Crippen molar-refractivity contribution in [1.82, 2.24) is 5.32 Å². The van der Waals surface area contributed by atoms with Gasteiger partial charge in [-0.15, -0.1) is 11.3 Å². The molecule has 0 atom stereocenters. The summed E-state index contributed by atoms with van der Waals surface area (Å²) in [7, 11) is 1.62. The topological polar surface area (TPSA) is 64.6 Å². The second kappa shape index (κ2) is 9.72. The third-order valence-electron chi connectivity index (χ3n) is 3.43. The molecule has 1 N–H and O–H groups in total. The Bertz CT molecular complexity index is 655. The van der Waals surface area contributed by atoms with Crippen molar-refractivity contribution >= 4 is 23.2 Å². The molecular formula is C18H21NO4S. The fourth-order valence-electron chi connectivity index (χ4n) is 2.20. The maximum absolute atomic E-state index is 11.7. The molecule has 5 nitrogen and oxygen atoms in total. The summed E-state index contributed by atoms with van der Waals surface area (Å²) in [6, 6.07) is 11.6. The maximum Gasteiger partial charge on any atom is 0.306 e. The number of amides is 1. The molecule has 0 unspecified atom stereocenters. The molecule has 1 aromatic heterocycles. The summed E-state index contributed by atoms with van der Waals surface area (Å²) in [5, 5.41) is 4.71. The van der Waals surface area contributed by atoms with Gasteiger partial charge in [0, 0.05) is 11.4 Å². The molecule has 0 saturated carbocycles. The smallest absolute Gasteiger partial charge is 0.306 e. The molecule has 0 spiro atoms. The van der Waals surface area contributed by atoms with Crippen LogP contribution in [-0.2, 0) is 27.2 Å². The number of ether oxygens (including phenoxy) is 2. The zero-order chi connectivity index (χ0) is 17.2. The Balaban J connectivity index is 1.61. The lowest BCUT2D eigenvalue weighted by molar-refractivity contribution is -0.148. The fraction of sp³-hybridized carbons (Fsp3) is 0.333. The number of benzene rings is 1. The summed E-state index contributed by atoms with van der Waals surface area (Å²) >= 11 is 1.60. The van der Waals surface area contributed by atoms with E-state index in [1.807, 2.05) is 41.8 Å². The quantitative estimate of drug-likeness (QED) is 0.708. The van der Waals surface area contributed by atoms with Crippen LogP contribution in [0.4, 0.5) is 0 Å². The van der Waals surface area contributed by atoms with E-state index in [-0.39, 0.29) is 24.9 Å². The highest BCUT2D eigenvalue weighted by Crippen LogP contribution is 2.17. The molecule has 128 valence electrons. The van der Waals surface area contributed by atoms with E-state index in [1.54, 1.807) is 18.4 Å². The largest absolute Gasteiger partial charge is 0.496 e. The molecule has 6 heteroatoms. The van der Waals surface area contributed by atoms with Gasteiger partial charge in [0.1, 0.15) is 5.75 Å². The number of thiophene rings is 1. The van der Waals surface area contributed by atoms with Crippen molar-refractivity contribution in [3.63, 3.8) is 0 Å². The van der Waals surface area contributed by atoms with Crippen LogP contribution in [0.1, 0.15) is 16.9 Å². The van der Waals surface area contributed by atoms with E-state index in [0.717, 1.165) is 16.2 Å². The van der Waals surface area contributed by atoms with Crippen LogP contribution >= 0.6 is 11.3 Å². The average molecular weight is 347 g/mol. The number of nitrogens with one attached hydrogen (secondary N) is 1. The number of carbonyl (C=O) groups is 2. The standard InChI is InChI=1S/C18H21NO4S/c1-22-16-7-3-2-5-14(16)10-11-19-17(20)13-23-18(21)9-8-15-6-4-12-24-15/h2-7,12H,8-11,13H2,1H3,(H,19,20). The molecule has 0 bridgehead atoms. The first-order valence-corrected chi connectivity index (χ1v) is 8.63. The van der Waals surface area contributed by atoms with Crippen LogP contribution in [0, 0.1) is 0 Å². The van der Waals surface area contributed by atoms with Crippen molar-refractivity contribution in [3.05, 3.63) is 52.2 Å². The first-order valence-electron chi connectivity index (χ1n) is 7.75. The molecular weight excluding hydrogens is 326 g/mol. The normalized spacial score (nSPS) is 10.2. The number of hydrogen-bond acceptors (Lipinski definition) is 5. The van der Waals surface area contributed by atoms with Crippen molar-refractivity contribution in [1.29, 1.82) is 0 Å². The van der Waals surface area contributed by atoms with E-state index < -0.39 is 0 Å². The van der Waals surface area contributed by atoms with Gasteiger partial charge < -0.3 is 14.8 Å². The van der Waals surface area contributed by atoms with Crippen LogP contribution in [0.25, 0.3) is 0 Å². The van der Waals surface area contributed by atoms with Crippen LogP contribution in [0.3, 0.4) is 0 Å². The highest BCUT2D eigenvalue weighted by molar-refractivity contribution is 7.09. The Morgan fingerprint density at radius 2 is 1.96 bits per heavy atom. The molecule has 0 aliphatic rings. The van der Waals surface area contributed by atoms with Crippen LogP contribution in [0.15, 0.2) is 41.8 Å². The van der Waals surface area contributed by atoms with E-state index in [2.05, 4.69) is 5.32 Å². The zero-order valence-electron chi connectivity index (χ0n) is 13.6. The predicted octanol–water partition coefficient (Wildman–Crippen LogP) is 2.59. The number of esters is 1. The van der Waals surface area contributed by atoms with Crippen molar-refractivity contribution in [3.8, 4) is 5.75 Å². The molecule has 1 aromatic carbocycles. The lowest BCUT2D eigenvalue weighted by atomic mass is 10.1. The van der Waals surface area contributed by atoms with Gasteiger partial charge in [-0.3, -0.25) is 9.59 Å². The Morgan fingerprint density at radius 3 is 2.71 bits per heavy atom.